The van der Waals surface area contributed by atoms with Gasteiger partial charge in [0.2, 0.25) is 0 Å². The number of aryl methyl sites for hydroxylation is 2. The van der Waals surface area contributed by atoms with Crippen molar-refractivity contribution in [1.29, 1.82) is 0 Å². The van der Waals surface area contributed by atoms with Crippen LogP contribution >= 0.6 is 0 Å². The summed E-state index contributed by atoms with van der Waals surface area (Å²) in [5.41, 5.74) is 3.65. The van der Waals surface area contributed by atoms with Crippen LogP contribution in [0.25, 0.3) is 0 Å². The van der Waals surface area contributed by atoms with Crippen molar-refractivity contribution in [1.82, 2.24) is 10.6 Å². The molecule has 3 aromatic carbocycles. The molecule has 166 valence electrons. The molecule has 0 radical (unpaired) electrons. The second-order valence-electron chi connectivity index (χ2n) is 8.37. The molecule has 2 atom stereocenters. The Balaban J connectivity index is 1.44. The third-order valence-electron chi connectivity index (χ3n) is 5.58. The van der Waals surface area contributed by atoms with Gasteiger partial charge in [0.25, 0.3) is 11.8 Å². The summed E-state index contributed by atoms with van der Waals surface area (Å²) in [6.45, 7) is 4.03. The van der Waals surface area contributed by atoms with Gasteiger partial charge in [-0.05, 0) is 74.9 Å². The zero-order valence-corrected chi connectivity index (χ0v) is 18.9. The van der Waals surface area contributed by atoms with E-state index in [9.17, 15) is 9.59 Å². The summed E-state index contributed by atoms with van der Waals surface area (Å²) in [4.78, 5) is 25.1. The summed E-state index contributed by atoms with van der Waals surface area (Å²) in [5, 5.41) is 6.08. The van der Waals surface area contributed by atoms with Gasteiger partial charge in [-0.3, -0.25) is 9.59 Å². The minimum absolute atomic E-state index is 0.0659. The molecule has 4 nitrogen and oxygen atoms in total. The number of rotatable bonds is 10. The Labute approximate surface area is 191 Å². The first-order valence-corrected chi connectivity index (χ1v) is 11.3. The van der Waals surface area contributed by atoms with Gasteiger partial charge in [-0.15, -0.1) is 0 Å². The van der Waals surface area contributed by atoms with Gasteiger partial charge in [-0.1, -0.05) is 60.7 Å². The van der Waals surface area contributed by atoms with Crippen LogP contribution in [-0.4, -0.2) is 23.9 Å². The highest BCUT2D eigenvalue weighted by Gasteiger charge is 2.13. The highest BCUT2D eigenvalue weighted by atomic mass is 16.2. The summed E-state index contributed by atoms with van der Waals surface area (Å²) in [6, 6.07) is 27.5. The van der Waals surface area contributed by atoms with E-state index in [-0.39, 0.29) is 23.9 Å². The van der Waals surface area contributed by atoms with E-state index < -0.39 is 0 Å². The Bertz CT molecular complexity index is 902. The number of carbonyl (C=O) groups is 2. The molecular formula is C28H32N2O2. The first kappa shape index (κ1) is 23.3. The average Bonchev–Trinajstić information content (AvgIpc) is 2.83. The third-order valence-corrected chi connectivity index (χ3v) is 5.58. The van der Waals surface area contributed by atoms with E-state index >= 15 is 0 Å². The van der Waals surface area contributed by atoms with Crippen LogP contribution in [0.15, 0.2) is 84.9 Å². The summed E-state index contributed by atoms with van der Waals surface area (Å²) in [6.07, 6.45) is 3.59. The maximum absolute atomic E-state index is 12.5. The van der Waals surface area contributed by atoms with Crippen molar-refractivity contribution in [3.63, 3.8) is 0 Å². The lowest BCUT2D eigenvalue weighted by molar-refractivity contribution is 0.0926. The van der Waals surface area contributed by atoms with Crippen LogP contribution in [0.3, 0.4) is 0 Å². The summed E-state index contributed by atoms with van der Waals surface area (Å²) < 4.78 is 0. The lowest BCUT2D eigenvalue weighted by Gasteiger charge is -2.15. The summed E-state index contributed by atoms with van der Waals surface area (Å²) in [5.74, 6) is -0.234. The third kappa shape index (κ3) is 7.38. The molecule has 0 heterocycles. The minimum atomic E-state index is -0.117. The van der Waals surface area contributed by atoms with Gasteiger partial charge in [0.15, 0.2) is 0 Å². The molecule has 3 aromatic rings. The van der Waals surface area contributed by atoms with Crippen molar-refractivity contribution in [2.75, 3.05) is 0 Å². The Morgan fingerprint density at radius 1 is 0.594 bits per heavy atom. The molecule has 0 saturated carbocycles. The Morgan fingerprint density at radius 2 is 0.938 bits per heavy atom. The van der Waals surface area contributed by atoms with Crippen molar-refractivity contribution in [2.24, 2.45) is 0 Å². The molecular weight excluding hydrogens is 396 g/mol. The topological polar surface area (TPSA) is 58.2 Å². The van der Waals surface area contributed by atoms with Crippen LogP contribution in [0, 0.1) is 0 Å². The fraction of sp³-hybridized carbons (Fsp3) is 0.286. The molecule has 3 rings (SSSR count). The maximum Gasteiger partial charge on any atom is 0.251 e. The van der Waals surface area contributed by atoms with E-state index in [1.54, 1.807) is 24.3 Å². The lowest BCUT2D eigenvalue weighted by atomic mass is 10.0. The van der Waals surface area contributed by atoms with Crippen molar-refractivity contribution >= 4 is 11.8 Å². The largest absolute Gasteiger partial charge is 0.350 e. The fourth-order valence-electron chi connectivity index (χ4n) is 3.59. The van der Waals surface area contributed by atoms with Crippen LogP contribution in [0.1, 0.15) is 58.5 Å². The first-order valence-electron chi connectivity index (χ1n) is 11.3. The SMILES string of the molecule is C[C@H](CCc1ccccc1)NC(=O)c1ccc(C(=O)N[C@@H](C)CCc2ccccc2)cc1. The van der Waals surface area contributed by atoms with E-state index in [1.165, 1.54) is 11.1 Å². The van der Waals surface area contributed by atoms with Crippen LogP contribution in [0.2, 0.25) is 0 Å². The molecule has 0 saturated heterocycles. The number of benzene rings is 3. The van der Waals surface area contributed by atoms with Crippen molar-refractivity contribution in [2.45, 2.75) is 51.6 Å². The Kier molecular flexibility index (Phi) is 8.61. The fourth-order valence-corrected chi connectivity index (χ4v) is 3.59. The first-order chi connectivity index (χ1) is 15.5. The number of amides is 2. The molecule has 32 heavy (non-hydrogen) atoms. The van der Waals surface area contributed by atoms with Gasteiger partial charge in [-0.2, -0.15) is 0 Å². The van der Waals surface area contributed by atoms with E-state index in [1.807, 2.05) is 50.2 Å². The smallest absolute Gasteiger partial charge is 0.251 e. The second kappa shape index (κ2) is 11.8. The minimum Gasteiger partial charge on any atom is -0.350 e. The molecule has 2 amide bonds. The van der Waals surface area contributed by atoms with E-state index in [2.05, 4.69) is 34.9 Å². The average molecular weight is 429 g/mol. The normalized spacial score (nSPS) is 12.6. The highest BCUT2D eigenvalue weighted by Crippen LogP contribution is 2.09. The van der Waals surface area contributed by atoms with Crippen LogP contribution in [0.5, 0.6) is 0 Å². The van der Waals surface area contributed by atoms with Crippen LogP contribution < -0.4 is 10.6 Å². The maximum atomic E-state index is 12.5. The molecule has 0 aliphatic heterocycles. The Hall–Kier alpha value is -3.40. The monoisotopic (exact) mass is 428 g/mol. The Morgan fingerprint density at radius 3 is 1.28 bits per heavy atom. The zero-order chi connectivity index (χ0) is 22.8. The number of carbonyl (C=O) groups excluding carboxylic acids is 2. The second-order valence-corrected chi connectivity index (χ2v) is 8.37. The quantitative estimate of drug-likeness (QED) is 0.467. The standard InChI is InChI=1S/C28H32N2O2/c1-21(13-15-23-9-5-3-6-10-23)29-27(31)25-17-19-26(20-18-25)28(32)30-22(2)14-16-24-11-7-4-8-12-24/h3-12,17-22H,13-16H2,1-2H3,(H,29,31)(H,30,32)/t21-,22+. The predicted molar refractivity (Wildman–Crippen MR) is 130 cm³/mol. The number of nitrogens with one attached hydrogen (secondary N) is 2. The molecule has 0 bridgehead atoms. The molecule has 4 heteroatoms. The predicted octanol–water partition coefficient (Wildman–Crippen LogP) is 5.19. The zero-order valence-electron chi connectivity index (χ0n) is 18.9. The van der Waals surface area contributed by atoms with Crippen molar-refractivity contribution in [3.8, 4) is 0 Å². The van der Waals surface area contributed by atoms with Gasteiger partial charge in [-0.25, -0.2) is 0 Å². The van der Waals surface area contributed by atoms with Crippen LogP contribution in [-0.2, 0) is 12.8 Å². The van der Waals surface area contributed by atoms with Gasteiger partial charge in [0.05, 0.1) is 0 Å². The molecule has 0 unspecified atom stereocenters. The van der Waals surface area contributed by atoms with E-state index in [4.69, 9.17) is 0 Å². The van der Waals surface area contributed by atoms with Gasteiger partial charge in [0.1, 0.15) is 0 Å². The van der Waals surface area contributed by atoms with Crippen LogP contribution in [0.4, 0.5) is 0 Å². The molecule has 0 aliphatic rings. The lowest BCUT2D eigenvalue weighted by Crippen LogP contribution is -2.33. The van der Waals surface area contributed by atoms with Gasteiger partial charge < -0.3 is 10.6 Å². The summed E-state index contributed by atoms with van der Waals surface area (Å²) >= 11 is 0. The summed E-state index contributed by atoms with van der Waals surface area (Å²) in [7, 11) is 0. The van der Waals surface area contributed by atoms with Crippen molar-refractivity contribution in [3.05, 3.63) is 107 Å². The molecule has 0 spiro atoms. The van der Waals surface area contributed by atoms with Crippen molar-refractivity contribution < 1.29 is 9.59 Å². The molecule has 2 N–H and O–H groups in total. The highest BCUT2D eigenvalue weighted by molar-refractivity contribution is 5.98. The molecule has 0 fully saturated rings. The van der Waals surface area contributed by atoms with E-state index in [0.29, 0.717) is 11.1 Å². The van der Waals surface area contributed by atoms with Gasteiger partial charge >= 0.3 is 0 Å². The number of hydrogen-bond acceptors (Lipinski definition) is 2. The van der Waals surface area contributed by atoms with E-state index in [0.717, 1.165) is 25.7 Å². The molecule has 0 aromatic heterocycles. The molecule has 0 aliphatic carbocycles. The number of hydrogen-bond donors (Lipinski definition) is 2. The van der Waals surface area contributed by atoms with Gasteiger partial charge in [0, 0.05) is 23.2 Å².